The minimum atomic E-state index is -4.69. The molecule has 0 unspecified atom stereocenters. The predicted octanol–water partition coefficient (Wildman–Crippen LogP) is 2.80. The van der Waals surface area contributed by atoms with E-state index < -0.39 is 26.0 Å². The van der Waals surface area contributed by atoms with Gasteiger partial charge in [-0.15, -0.1) is 0 Å². The summed E-state index contributed by atoms with van der Waals surface area (Å²) < 4.78 is 58.6. The van der Waals surface area contributed by atoms with Gasteiger partial charge in [0.05, 0.1) is 4.90 Å². The van der Waals surface area contributed by atoms with Gasteiger partial charge < -0.3 is 0 Å². The zero-order chi connectivity index (χ0) is 11.6. The number of sulfone groups is 1. The summed E-state index contributed by atoms with van der Waals surface area (Å²) >= 11 is 0. The summed E-state index contributed by atoms with van der Waals surface area (Å²) in [7, 11) is -4.69. The molecule has 0 aliphatic carbocycles. The Hall–Kier alpha value is -1.30. The minimum Gasteiger partial charge on any atom is -0.216 e. The third-order valence-electron chi connectivity index (χ3n) is 1.72. The average molecular weight is 236 g/mol. The fraction of sp³-hybridized carbons (Fsp3) is 0.111. The molecule has 2 nitrogen and oxygen atoms in total. The first-order valence-electron chi connectivity index (χ1n) is 3.88. The SMILES string of the molecule is Cc1ccc(S(=O)(=O)C(F)=C(F)F)cc1. The zero-order valence-electron chi connectivity index (χ0n) is 7.67. The van der Waals surface area contributed by atoms with Crippen molar-refractivity contribution in [3.8, 4) is 0 Å². The Morgan fingerprint density at radius 2 is 1.53 bits per heavy atom. The van der Waals surface area contributed by atoms with Crippen molar-refractivity contribution in [1.82, 2.24) is 0 Å². The van der Waals surface area contributed by atoms with Crippen LogP contribution in [0.5, 0.6) is 0 Å². The molecule has 0 aromatic heterocycles. The van der Waals surface area contributed by atoms with Crippen molar-refractivity contribution in [3.63, 3.8) is 0 Å². The van der Waals surface area contributed by atoms with E-state index in [-0.39, 0.29) is 0 Å². The van der Waals surface area contributed by atoms with Crippen LogP contribution >= 0.6 is 0 Å². The molecule has 0 aliphatic rings. The minimum absolute atomic E-state index is 0.488. The van der Waals surface area contributed by atoms with Crippen LogP contribution in [0.15, 0.2) is 40.4 Å². The van der Waals surface area contributed by atoms with Crippen molar-refractivity contribution in [1.29, 1.82) is 0 Å². The molecule has 15 heavy (non-hydrogen) atoms. The molecule has 0 saturated carbocycles. The molecule has 0 bridgehead atoms. The number of halogens is 3. The van der Waals surface area contributed by atoms with Gasteiger partial charge in [0.1, 0.15) is 0 Å². The summed E-state index contributed by atoms with van der Waals surface area (Å²) in [6.45, 7) is 1.69. The van der Waals surface area contributed by atoms with E-state index in [0.717, 1.165) is 17.7 Å². The molecule has 0 amide bonds. The maximum atomic E-state index is 12.6. The molecular weight excluding hydrogens is 229 g/mol. The van der Waals surface area contributed by atoms with Crippen molar-refractivity contribution in [2.75, 3.05) is 0 Å². The summed E-state index contributed by atoms with van der Waals surface area (Å²) in [4.78, 5) is -0.488. The van der Waals surface area contributed by atoms with E-state index >= 15 is 0 Å². The van der Waals surface area contributed by atoms with E-state index in [9.17, 15) is 21.6 Å². The van der Waals surface area contributed by atoms with Crippen LogP contribution in [-0.2, 0) is 9.84 Å². The highest BCUT2D eigenvalue weighted by atomic mass is 32.2. The topological polar surface area (TPSA) is 34.1 Å². The molecule has 82 valence electrons. The second-order valence-corrected chi connectivity index (χ2v) is 4.69. The van der Waals surface area contributed by atoms with Gasteiger partial charge in [0.2, 0.25) is 9.84 Å². The second kappa shape index (κ2) is 4.06. The Bertz CT molecular complexity index is 485. The molecule has 0 radical (unpaired) electrons. The Morgan fingerprint density at radius 1 is 1.07 bits per heavy atom. The number of rotatable bonds is 2. The molecule has 0 saturated heterocycles. The molecule has 1 rings (SSSR count). The summed E-state index contributed by atoms with van der Waals surface area (Å²) in [5.41, 5.74) is 0.749. The highest BCUT2D eigenvalue weighted by Crippen LogP contribution is 2.24. The fourth-order valence-electron chi connectivity index (χ4n) is 0.922. The van der Waals surface area contributed by atoms with Crippen LogP contribution in [0, 0.1) is 6.92 Å². The lowest BCUT2D eigenvalue weighted by Crippen LogP contribution is -2.02. The molecule has 0 aliphatic heterocycles. The molecular formula is C9H7F3O2S. The van der Waals surface area contributed by atoms with E-state index in [2.05, 4.69) is 0 Å². The summed E-state index contributed by atoms with van der Waals surface area (Å²) in [6, 6.07) is 4.95. The third kappa shape index (κ3) is 2.38. The van der Waals surface area contributed by atoms with Crippen molar-refractivity contribution in [3.05, 3.63) is 41.1 Å². The first kappa shape index (κ1) is 11.8. The van der Waals surface area contributed by atoms with Gasteiger partial charge in [-0.2, -0.15) is 13.2 Å². The molecule has 1 aromatic rings. The van der Waals surface area contributed by atoms with E-state index in [1.165, 1.54) is 12.1 Å². The second-order valence-electron chi connectivity index (χ2n) is 2.85. The fourth-order valence-corrected chi connectivity index (χ4v) is 1.83. The van der Waals surface area contributed by atoms with Gasteiger partial charge in [0.15, 0.2) is 0 Å². The van der Waals surface area contributed by atoms with E-state index in [4.69, 9.17) is 0 Å². The van der Waals surface area contributed by atoms with Gasteiger partial charge in [0, 0.05) is 0 Å². The lowest BCUT2D eigenvalue weighted by Gasteiger charge is -2.01. The van der Waals surface area contributed by atoms with Gasteiger partial charge in [-0.1, -0.05) is 17.7 Å². The highest BCUT2D eigenvalue weighted by molar-refractivity contribution is 7.95. The van der Waals surface area contributed by atoms with Crippen LogP contribution in [0.4, 0.5) is 13.2 Å². The molecule has 0 spiro atoms. The molecule has 1 aromatic carbocycles. The van der Waals surface area contributed by atoms with Crippen LogP contribution < -0.4 is 0 Å². The number of hydrogen-bond acceptors (Lipinski definition) is 2. The van der Waals surface area contributed by atoms with Crippen LogP contribution in [-0.4, -0.2) is 8.42 Å². The monoisotopic (exact) mass is 236 g/mol. The smallest absolute Gasteiger partial charge is 0.216 e. The van der Waals surface area contributed by atoms with E-state index in [0.29, 0.717) is 0 Å². The average Bonchev–Trinajstić information content (AvgIpc) is 2.17. The van der Waals surface area contributed by atoms with Gasteiger partial charge in [-0.25, -0.2) is 8.42 Å². The lowest BCUT2D eigenvalue weighted by atomic mass is 10.2. The lowest BCUT2D eigenvalue weighted by molar-refractivity contribution is 0.390. The van der Waals surface area contributed by atoms with E-state index in [1.54, 1.807) is 6.92 Å². The molecule has 0 N–H and O–H groups in total. The molecule has 0 atom stereocenters. The molecule has 0 fully saturated rings. The quantitative estimate of drug-likeness (QED) is 0.791. The van der Waals surface area contributed by atoms with Crippen molar-refractivity contribution >= 4 is 9.84 Å². The standard InChI is InChI=1S/C9H7F3O2S/c1-6-2-4-7(5-3-6)15(13,14)9(12)8(10)11/h2-5H,1H3. The van der Waals surface area contributed by atoms with Gasteiger partial charge in [-0.3, -0.25) is 0 Å². The number of hydrogen-bond donors (Lipinski definition) is 0. The van der Waals surface area contributed by atoms with Crippen LogP contribution in [0.25, 0.3) is 0 Å². The normalized spacial score (nSPS) is 11.2. The largest absolute Gasteiger partial charge is 0.317 e. The van der Waals surface area contributed by atoms with Gasteiger partial charge >= 0.3 is 6.08 Å². The van der Waals surface area contributed by atoms with Crippen LogP contribution in [0.1, 0.15) is 5.56 Å². The van der Waals surface area contributed by atoms with Crippen LogP contribution in [0.2, 0.25) is 0 Å². The summed E-state index contributed by atoms with van der Waals surface area (Å²) in [5.74, 6) is 0. The van der Waals surface area contributed by atoms with E-state index in [1.807, 2.05) is 0 Å². The Morgan fingerprint density at radius 3 is 1.93 bits per heavy atom. The maximum Gasteiger partial charge on any atom is 0.317 e. The Kier molecular flexibility index (Phi) is 3.18. The molecule has 6 heteroatoms. The number of benzene rings is 1. The highest BCUT2D eigenvalue weighted by Gasteiger charge is 2.25. The first-order valence-corrected chi connectivity index (χ1v) is 5.36. The van der Waals surface area contributed by atoms with Crippen molar-refractivity contribution in [2.24, 2.45) is 0 Å². The summed E-state index contributed by atoms with van der Waals surface area (Å²) in [6.07, 6.45) is -2.84. The Labute approximate surface area is 85.0 Å². The Balaban J connectivity index is 3.31. The maximum absolute atomic E-state index is 12.6. The summed E-state index contributed by atoms with van der Waals surface area (Å²) in [5, 5.41) is -2.40. The predicted molar refractivity (Wildman–Crippen MR) is 48.7 cm³/mol. The number of aryl methyl sites for hydroxylation is 1. The molecule has 0 heterocycles. The van der Waals surface area contributed by atoms with Crippen LogP contribution in [0.3, 0.4) is 0 Å². The van der Waals surface area contributed by atoms with Gasteiger partial charge in [-0.05, 0) is 19.1 Å². The van der Waals surface area contributed by atoms with Crippen molar-refractivity contribution < 1.29 is 21.6 Å². The zero-order valence-corrected chi connectivity index (χ0v) is 8.48. The van der Waals surface area contributed by atoms with Crippen molar-refractivity contribution in [2.45, 2.75) is 11.8 Å². The first-order chi connectivity index (χ1) is 6.85. The van der Waals surface area contributed by atoms with Gasteiger partial charge in [0.25, 0.3) is 5.16 Å². The third-order valence-corrected chi connectivity index (χ3v) is 3.23.